The van der Waals surface area contributed by atoms with E-state index in [9.17, 15) is 14.4 Å². The van der Waals surface area contributed by atoms with Gasteiger partial charge in [0.1, 0.15) is 13.2 Å². The molecule has 0 spiro atoms. The van der Waals surface area contributed by atoms with E-state index in [0.717, 1.165) is 161 Å². The number of hydrogen-bond donors (Lipinski definition) is 0. The van der Waals surface area contributed by atoms with Gasteiger partial charge in [-0.2, -0.15) is 0 Å². The Morgan fingerprint density at radius 1 is 0.288 bits per heavy atom. The normalized spacial score (nSPS) is 13.2. The number of allylic oxidation sites excluding steroid dienone is 24. The second-order valence-corrected chi connectivity index (χ2v) is 18.8. The number of esters is 3. The van der Waals surface area contributed by atoms with Crippen LogP contribution in [-0.2, 0) is 28.6 Å². The zero-order valence-corrected chi connectivity index (χ0v) is 46.8. The predicted octanol–water partition coefficient (Wildman–Crippen LogP) is 20.0. The second-order valence-electron chi connectivity index (χ2n) is 18.8. The maximum atomic E-state index is 12.9. The van der Waals surface area contributed by atoms with Gasteiger partial charge in [-0.1, -0.05) is 224 Å². The molecule has 6 nitrogen and oxygen atoms in total. The Morgan fingerprint density at radius 2 is 0.534 bits per heavy atom. The molecule has 0 aliphatic heterocycles. The number of carbonyl (C=O) groups excluding carboxylic acids is 3. The summed E-state index contributed by atoms with van der Waals surface area (Å²) in [6.07, 6.45) is 85.4. The van der Waals surface area contributed by atoms with Gasteiger partial charge in [0.25, 0.3) is 0 Å². The van der Waals surface area contributed by atoms with Crippen LogP contribution in [0.3, 0.4) is 0 Å². The first kappa shape index (κ1) is 68.3. The van der Waals surface area contributed by atoms with Crippen LogP contribution in [0.25, 0.3) is 0 Å². The van der Waals surface area contributed by atoms with E-state index in [-0.39, 0.29) is 31.1 Å². The average molecular weight is 1010 g/mol. The van der Waals surface area contributed by atoms with E-state index < -0.39 is 6.10 Å². The zero-order valence-electron chi connectivity index (χ0n) is 46.8. The molecule has 0 rings (SSSR count). The van der Waals surface area contributed by atoms with E-state index in [2.05, 4.69) is 167 Å². The lowest BCUT2D eigenvalue weighted by molar-refractivity contribution is -0.167. The molecule has 410 valence electrons. The molecule has 1 unspecified atom stereocenters. The molecule has 0 heterocycles. The molecule has 0 N–H and O–H groups in total. The van der Waals surface area contributed by atoms with Crippen molar-refractivity contribution < 1.29 is 28.6 Å². The molecule has 0 aromatic rings. The monoisotopic (exact) mass is 1010 g/mol. The largest absolute Gasteiger partial charge is 0.462 e. The van der Waals surface area contributed by atoms with Crippen molar-refractivity contribution in [3.05, 3.63) is 146 Å². The number of unbranched alkanes of at least 4 members (excludes halogenated alkanes) is 16. The molecule has 0 fully saturated rings. The Bertz CT molecular complexity index is 1630. The summed E-state index contributed by atoms with van der Waals surface area (Å²) in [5.41, 5.74) is 0. The van der Waals surface area contributed by atoms with Crippen LogP contribution in [-0.4, -0.2) is 37.2 Å². The van der Waals surface area contributed by atoms with E-state index in [1.807, 2.05) is 0 Å². The molecule has 0 aliphatic rings. The molecule has 0 radical (unpaired) electrons. The fourth-order valence-corrected chi connectivity index (χ4v) is 7.47. The van der Waals surface area contributed by atoms with Crippen LogP contribution in [0.5, 0.6) is 0 Å². The van der Waals surface area contributed by atoms with E-state index >= 15 is 0 Å². The van der Waals surface area contributed by atoms with Crippen molar-refractivity contribution in [1.29, 1.82) is 0 Å². The standard InChI is InChI=1S/C67H106O6/c1-4-7-10-13-16-19-22-25-28-31-33-36-39-42-45-48-51-54-57-60-66(69)72-63-64(62-71-65(68)59-56-53-50-47-44-41-38-35-30-27-24-21-18-15-12-9-6-3)73-67(70)61-58-55-52-49-46-43-40-37-34-32-29-26-23-20-17-14-11-8-5-2/h7,9-10,12,16-21,25-30,33-34,36-38,41-42,45,64H,4-6,8,11,13-15,22-24,31-32,35,39-40,43-44,46-63H2,1-3H3/b10-7-,12-9-,19-16-,20-17-,21-18-,28-25-,29-26-,30-27-,36-33-,37-34-,41-38-,45-42-. The van der Waals surface area contributed by atoms with Crippen LogP contribution < -0.4 is 0 Å². The van der Waals surface area contributed by atoms with Gasteiger partial charge in [-0.25, -0.2) is 0 Å². The predicted molar refractivity (Wildman–Crippen MR) is 315 cm³/mol. The minimum Gasteiger partial charge on any atom is -0.462 e. The zero-order chi connectivity index (χ0) is 52.9. The first-order valence-electron chi connectivity index (χ1n) is 29.3. The van der Waals surface area contributed by atoms with Crippen molar-refractivity contribution in [2.45, 2.75) is 245 Å². The highest BCUT2D eigenvalue weighted by Crippen LogP contribution is 2.13. The van der Waals surface area contributed by atoms with Gasteiger partial charge >= 0.3 is 17.9 Å². The number of carbonyl (C=O) groups is 3. The molecular formula is C67H106O6. The van der Waals surface area contributed by atoms with E-state index in [4.69, 9.17) is 14.2 Å². The lowest BCUT2D eigenvalue weighted by Crippen LogP contribution is -2.30. The van der Waals surface area contributed by atoms with Gasteiger partial charge < -0.3 is 14.2 Å². The molecular weight excluding hydrogens is 901 g/mol. The highest BCUT2D eigenvalue weighted by atomic mass is 16.6. The Kier molecular flexibility index (Phi) is 56.0. The summed E-state index contributed by atoms with van der Waals surface area (Å²) in [5, 5.41) is 0. The van der Waals surface area contributed by atoms with Crippen LogP contribution >= 0.6 is 0 Å². The summed E-state index contributed by atoms with van der Waals surface area (Å²) in [4.78, 5) is 38.2. The van der Waals surface area contributed by atoms with Crippen molar-refractivity contribution in [1.82, 2.24) is 0 Å². The highest BCUT2D eigenvalue weighted by molar-refractivity contribution is 5.71. The van der Waals surface area contributed by atoms with Gasteiger partial charge in [0, 0.05) is 19.3 Å². The Morgan fingerprint density at radius 3 is 0.849 bits per heavy atom. The van der Waals surface area contributed by atoms with Gasteiger partial charge in [-0.15, -0.1) is 0 Å². The molecule has 6 heteroatoms. The quantitative estimate of drug-likeness (QED) is 0.0261. The second kappa shape index (κ2) is 59.8. The SMILES string of the molecule is CC/C=C\C/C=C\C/C=C\C/C=C\C/C=C\CCCCCC(=O)OCC(COC(=O)CCCCCC/C=C\C/C=C\C/C=C\C/C=C\CC)OC(=O)CCCCCCCC/C=C\C/C=C\C/C=C\CCCCC. The molecule has 0 aromatic heterocycles. The van der Waals surface area contributed by atoms with Crippen molar-refractivity contribution in [2.75, 3.05) is 13.2 Å². The molecule has 0 bridgehead atoms. The van der Waals surface area contributed by atoms with Crippen LogP contribution in [0.4, 0.5) is 0 Å². The highest BCUT2D eigenvalue weighted by Gasteiger charge is 2.19. The maximum absolute atomic E-state index is 12.9. The molecule has 73 heavy (non-hydrogen) atoms. The Hall–Kier alpha value is -4.71. The summed E-state index contributed by atoms with van der Waals surface area (Å²) >= 11 is 0. The average Bonchev–Trinajstić information content (AvgIpc) is 3.39. The minimum atomic E-state index is -0.817. The van der Waals surface area contributed by atoms with Gasteiger partial charge in [-0.3, -0.25) is 14.4 Å². The topological polar surface area (TPSA) is 78.9 Å². The maximum Gasteiger partial charge on any atom is 0.306 e. The fraction of sp³-hybridized carbons (Fsp3) is 0.597. The summed E-state index contributed by atoms with van der Waals surface area (Å²) in [7, 11) is 0. The van der Waals surface area contributed by atoms with Gasteiger partial charge in [0.15, 0.2) is 6.10 Å². The first-order chi connectivity index (χ1) is 36.0. The summed E-state index contributed by atoms with van der Waals surface area (Å²) < 4.78 is 16.8. The Balaban J connectivity index is 4.55. The molecule has 1 atom stereocenters. The summed E-state index contributed by atoms with van der Waals surface area (Å²) in [5.74, 6) is -0.985. The van der Waals surface area contributed by atoms with Crippen molar-refractivity contribution >= 4 is 17.9 Å². The van der Waals surface area contributed by atoms with Crippen LogP contribution in [0, 0.1) is 0 Å². The molecule has 0 aliphatic carbocycles. The third-order valence-electron chi connectivity index (χ3n) is 11.8. The lowest BCUT2D eigenvalue weighted by Gasteiger charge is -2.18. The van der Waals surface area contributed by atoms with Gasteiger partial charge in [0.05, 0.1) is 0 Å². The number of rotatable bonds is 51. The van der Waals surface area contributed by atoms with E-state index in [1.54, 1.807) is 0 Å². The van der Waals surface area contributed by atoms with Crippen LogP contribution in [0.1, 0.15) is 239 Å². The third-order valence-corrected chi connectivity index (χ3v) is 11.8. The van der Waals surface area contributed by atoms with Crippen molar-refractivity contribution in [3.8, 4) is 0 Å². The Labute approximate surface area is 448 Å². The van der Waals surface area contributed by atoms with Crippen LogP contribution in [0.2, 0.25) is 0 Å². The van der Waals surface area contributed by atoms with Crippen molar-refractivity contribution in [3.63, 3.8) is 0 Å². The molecule has 0 amide bonds. The lowest BCUT2D eigenvalue weighted by atomic mass is 10.1. The molecule has 0 saturated carbocycles. The van der Waals surface area contributed by atoms with Crippen LogP contribution in [0.15, 0.2) is 146 Å². The summed E-state index contributed by atoms with van der Waals surface area (Å²) in [6, 6.07) is 0. The smallest absolute Gasteiger partial charge is 0.306 e. The van der Waals surface area contributed by atoms with Gasteiger partial charge in [-0.05, 0) is 141 Å². The molecule has 0 aromatic carbocycles. The van der Waals surface area contributed by atoms with E-state index in [0.29, 0.717) is 19.3 Å². The molecule has 0 saturated heterocycles. The summed E-state index contributed by atoms with van der Waals surface area (Å²) in [6.45, 7) is 6.32. The van der Waals surface area contributed by atoms with Crippen molar-refractivity contribution in [2.24, 2.45) is 0 Å². The van der Waals surface area contributed by atoms with Gasteiger partial charge in [0.2, 0.25) is 0 Å². The first-order valence-corrected chi connectivity index (χ1v) is 29.3. The van der Waals surface area contributed by atoms with E-state index in [1.165, 1.54) is 38.5 Å². The fourth-order valence-electron chi connectivity index (χ4n) is 7.47. The third kappa shape index (κ3) is 58.1. The minimum absolute atomic E-state index is 0.113. The number of hydrogen-bond acceptors (Lipinski definition) is 6. The number of ether oxygens (including phenoxy) is 3.